The molecule has 0 bridgehead atoms. The number of ether oxygens (including phenoxy) is 2. The Labute approximate surface area is 168 Å². The Balaban J connectivity index is 1.48. The monoisotopic (exact) mass is 390 g/mol. The van der Waals surface area contributed by atoms with E-state index >= 15 is 0 Å². The van der Waals surface area contributed by atoms with Crippen LogP contribution in [-0.2, 0) is 19.1 Å². The van der Waals surface area contributed by atoms with Gasteiger partial charge in [-0.2, -0.15) is 0 Å². The molecule has 1 saturated carbocycles. The van der Waals surface area contributed by atoms with Gasteiger partial charge in [0.25, 0.3) is 0 Å². The van der Waals surface area contributed by atoms with Crippen LogP contribution in [0.2, 0.25) is 0 Å². The van der Waals surface area contributed by atoms with Gasteiger partial charge in [-0.1, -0.05) is 31.9 Å². The number of quaternary nitrogens is 1. The molecular formula is C23H36NO4+. The molecule has 0 radical (unpaired) electrons. The Hall–Kier alpha value is -1.36. The Morgan fingerprint density at radius 2 is 2.18 bits per heavy atom. The first-order valence-electron chi connectivity index (χ1n) is 11.3. The van der Waals surface area contributed by atoms with Crippen LogP contribution in [-0.4, -0.2) is 44.3 Å². The number of hydrogen-bond donors (Lipinski definition) is 1. The molecule has 3 fully saturated rings. The highest BCUT2D eigenvalue weighted by atomic mass is 16.6. The largest absolute Gasteiger partial charge is 0.466 e. The van der Waals surface area contributed by atoms with Gasteiger partial charge in [-0.25, -0.2) is 0 Å². The van der Waals surface area contributed by atoms with E-state index in [-0.39, 0.29) is 41.2 Å². The Morgan fingerprint density at radius 3 is 2.96 bits per heavy atom. The molecule has 0 aromatic rings. The summed E-state index contributed by atoms with van der Waals surface area (Å²) in [5.74, 6) is 0.652. The SMILES string of the molecule is CCOC(=O)[C@@H]1CCC[NH+](C[C@H]2C(=O)O[C@@H]3C[C@@]4(C)CCC[C@H](C)C4=C[C@@H]32)C1. The minimum absolute atomic E-state index is 0.0208. The molecule has 0 aromatic heterocycles. The van der Waals surface area contributed by atoms with Crippen LogP contribution in [0.5, 0.6) is 0 Å². The zero-order valence-electron chi connectivity index (χ0n) is 17.7. The van der Waals surface area contributed by atoms with Gasteiger partial charge in [-0.05, 0) is 50.4 Å². The van der Waals surface area contributed by atoms with Crippen LogP contribution in [0.1, 0.15) is 59.3 Å². The van der Waals surface area contributed by atoms with Gasteiger partial charge in [0.15, 0.2) is 0 Å². The molecule has 4 rings (SSSR count). The zero-order chi connectivity index (χ0) is 19.9. The summed E-state index contributed by atoms with van der Waals surface area (Å²) in [6, 6.07) is 0. The first-order chi connectivity index (χ1) is 13.4. The van der Waals surface area contributed by atoms with Crippen molar-refractivity contribution in [2.24, 2.45) is 29.1 Å². The maximum absolute atomic E-state index is 12.8. The van der Waals surface area contributed by atoms with E-state index < -0.39 is 0 Å². The predicted octanol–water partition coefficient (Wildman–Crippen LogP) is 2.16. The number of rotatable bonds is 4. The molecule has 2 aliphatic carbocycles. The lowest BCUT2D eigenvalue weighted by molar-refractivity contribution is -0.910. The van der Waals surface area contributed by atoms with Crippen molar-refractivity contribution in [3.8, 4) is 0 Å². The summed E-state index contributed by atoms with van der Waals surface area (Å²) < 4.78 is 11.1. The van der Waals surface area contributed by atoms with Gasteiger partial charge in [0, 0.05) is 5.92 Å². The fraction of sp³-hybridized carbons (Fsp3) is 0.826. The number of nitrogens with one attached hydrogen (secondary N) is 1. The number of fused-ring (bicyclic) bond motifs is 2. The van der Waals surface area contributed by atoms with Crippen molar-refractivity contribution in [2.45, 2.75) is 65.4 Å². The number of allylic oxidation sites excluding steroid dienone is 1. The van der Waals surface area contributed by atoms with E-state index in [2.05, 4.69) is 19.9 Å². The van der Waals surface area contributed by atoms with Crippen molar-refractivity contribution in [3.63, 3.8) is 0 Å². The molecule has 2 saturated heterocycles. The number of likely N-dealkylation sites (tertiary alicyclic amines) is 1. The van der Waals surface area contributed by atoms with Crippen LogP contribution in [0.15, 0.2) is 11.6 Å². The van der Waals surface area contributed by atoms with Crippen LogP contribution in [0.4, 0.5) is 0 Å². The smallest absolute Gasteiger partial charge is 0.315 e. The molecular weight excluding hydrogens is 354 g/mol. The van der Waals surface area contributed by atoms with Crippen LogP contribution < -0.4 is 4.90 Å². The molecule has 28 heavy (non-hydrogen) atoms. The highest BCUT2D eigenvalue weighted by molar-refractivity contribution is 5.76. The third kappa shape index (κ3) is 3.62. The maximum Gasteiger partial charge on any atom is 0.315 e. The Bertz CT molecular complexity index is 659. The van der Waals surface area contributed by atoms with E-state index in [1.165, 1.54) is 24.2 Å². The van der Waals surface area contributed by atoms with Crippen molar-refractivity contribution in [2.75, 3.05) is 26.2 Å². The van der Waals surface area contributed by atoms with Crippen LogP contribution in [0.25, 0.3) is 0 Å². The van der Waals surface area contributed by atoms with E-state index in [4.69, 9.17) is 9.47 Å². The van der Waals surface area contributed by atoms with Crippen molar-refractivity contribution in [1.29, 1.82) is 0 Å². The van der Waals surface area contributed by atoms with Gasteiger partial charge >= 0.3 is 11.9 Å². The molecule has 5 nitrogen and oxygen atoms in total. The molecule has 1 N–H and O–H groups in total. The third-order valence-electron chi connectivity index (χ3n) is 7.83. The minimum Gasteiger partial charge on any atom is -0.466 e. The first kappa shape index (κ1) is 19.9. The highest BCUT2D eigenvalue weighted by Gasteiger charge is 2.53. The molecule has 2 heterocycles. The van der Waals surface area contributed by atoms with Crippen molar-refractivity contribution in [3.05, 3.63) is 11.6 Å². The van der Waals surface area contributed by atoms with Crippen molar-refractivity contribution < 1.29 is 24.0 Å². The lowest BCUT2D eigenvalue weighted by Gasteiger charge is -2.46. The van der Waals surface area contributed by atoms with E-state index in [0.717, 1.165) is 38.9 Å². The molecule has 0 spiro atoms. The van der Waals surface area contributed by atoms with Gasteiger partial charge < -0.3 is 14.4 Å². The number of esters is 2. The lowest BCUT2D eigenvalue weighted by atomic mass is 9.59. The second-order valence-electron chi connectivity index (χ2n) is 9.84. The van der Waals surface area contributed by atoms with Crippen molar-refractivity contribution in [1.82, 2.24) is 0 Å². The first-order valence-corrected chi connectivity index (χ1v) is 11.3. The molecule has 7 atom stereocenters. The normalized spacial score (nSPS) is 42.8. The molecule has 5 heteroatoms. The van der Waals surface area contributed by atoms with E-state index in [1.807, 2.05) is 6.92 Å². The van der Waals surface area contributed by atoms with Crippen LogP contribution in [0, 0.1) is 29.1 Å². The van der Waals surface area contributed by atoms with Gasteiger partial charge in [-0.3, -0.25) is 9.59 Å². The summed E-state index contributed by atoms with van der Waals surface area (Å²) in [6.07, 6.45) is 9.13. The highest BCUT2D eigenvalue weighted by Crippen LogP contribution is 2.53. The van der Waals surface area contributed by atoms with Gasteiger partial charge in [0.1, 0.15) is 17.9 Å². The molecule has 0 amide bonds. The van der Waals surface area contributed by atoms with E-state index in [9.17, 15) is 9.59 Å². The predicted molar refractivity (Wildman–Crippen MR) is 106 cm³/mol. The summed E-state index contributed by atoms with van der Waals surface area (Å²) in [5, 5.41) is 0. The minimum atomic E-state index is -0.0712. The average molecular weight is 391 g/mol. The van der Waals surface area contributed by atoms with E-state index in [1.54, 1.807) is 5.57 Å². The number of carbonyl (C=O) groups excluding carboxylic acids is 2. The molecule has 0 aromatic carbocycles. The topological polar surface area (TPSA) is 57.0 Å². The number of hydrogen-bond acceptors (Lipinski definition) is 4. The molecule has 4 aliphatic rings. The van der Waals surface area contributed by atoms with Gasteiger partial charge in [-0.15, -0.1) is 0 Å². The molecule has 156 valence electrons. The Kier molecular flexibility index (Phi) is 5.56. The molecule has 1 unspecified atom stereocenters. The second-order valence-corrected chi connectivity index (χ2v) is 9.84. The summed E-state index contributed by atoms with van der Waals surface area (Å²) in [6.45, 7) is 9.60. The maximum atomic E-state index is 12.8. The standard InChI is InChI=1S/C23H35NO4/c1-4-27-21(25)16-8-6-10-24(13-16)14-18-17-11-19-15(2)7-5-9-23(19,3)12-20(17)28-22(18)26/h11,15-18,20H,4-10,12-14H2,1-3H3/p+1/t15-,16+,17+,18+,20+,23+/m0/s1. The Morgan fingerprint density at radius 1 is 1.36 bits per heavy atom. The number of carbonyl (C=O) groups is 2. The van der Waals surface area contributed by atoms with Crippen LogP contribution in [0.3, 0.4) is 0 Å². The average Bonchev–Trinajstić information content (AvgIpc) is 2.94. The summed E-state index contributed by atoms with van der Waals surface area (Å²) >= 11 is 0. The molecule has 2 aliphatic heterocycles. The van der Waals surface area contributed by atoms with Gasteiger partial charge in [0.2, 0.25) is 0 Å². The van der Waals surface area contributed by atoms with Gasteiger partial charge in [0.05, 0.1) is 26.2 Å². The summed E-state index contributed by atoms with van der Waals surface area (Å²) in [5.41, 5.74) is 1.78. The fourth-order valence-electron chi connectivity index (χ4n) is 6.39. The third-order valence-corrected chi connectivity index (χ3v) is 7.83. The summed E-state index contributed by atoms with van der Waals surface area (Å²) in [7, 11) is 0. The number of piperidine rings is 1. The second kappa shape index (κ2) is 7.81. The van der Waals surface area contributed by atoms with E-state index in [0.29, 0.717) is 12.5 Å². The van der Waals surface area contributed by atoms with Crippen LogP contribution >= 0.6 is 0 Å². The summed E-state index contributed by atoms with van der Waals surface area (Å²) in [4.78, 5) is 26.3. The fourth-order valence-corrected chi connectivity index (χ4v) is 6.39. The van der Waals surface area contributed by atoms with Crippen molar-refractivity contribution >= 4 is 11.9 Å². The zero-order valence-corrected chi connectivity index (χ0v) is 17.7. The lowest BCUT2D eigenvalue weighted by Crippen LogP contribution is -3.14. The quantitative estimate of drug-likeness (QED) is 0.590.